The third-order valence-electron chi connectivity index (χ3n) is 4.05. The molecular formula is C14H19N3O2. The summed E-state index contributed by atoms with van der Waals surface area (Å²) in [7, 11) is 1.65. The van der Waals surface area contributed by atoms with Crippen LogP contribution in [-0.4, -0.2) is 54.0 Å². The Morgan fingerprint density at radius 1 is 1.42 bits per heavy atom. The van der Waals surface area contributed by atoms with E-state index in [2.05, 4.69) is 16.0 Å². The first kappa shape index (κ1) is 12.4. The zero-order valence-electron chi connectivity index (χ0n) is 11.4. The molecule has 2 fully saturated rings. The number of carbonyl (C=O) groups is 1. The number of pyridine rings is 1. The number of amides is 1. The molecule has 0 aromatic carbocycles. The van der Waals surface area contributed by atoms with E-state index in [1.807, 2.05) is 11.0 Å². The molecule has 5 heteroatoms. The van der Waals surface area contributed by atoms with Gasteiger partial charge in [0.2, 0.25) is 11.8 Å². The second-order valence-corrected chi connectivity index (χ2v) is 5.69. The second kappa shape index (κ2) is 4.49. The molecule has 3 rings (SSSR count). The molecule has 2 saturated heterocycles. The Bertz CT molecular complexity index is 489. The summed E-state index contributed by atoms with van der Waals surface area (Å²) in [6.45, 7) is 6.48. The van der Waals surface area contributed by atoms with Gasteiger partial charge in [-0.3, -0.25) is 9.69 Å². The quantitative estimate of drug-likeness (QED) is 0.805. The Hall–Kier alpha value is -1.62. The van der Waals surface area contributed by atoms with Crippen LogP contribution in [0.25, 0.3) is 0 Å². The molecule has 1 aromatic rings. The van der Waals surface area contributed by atoms with Gasteiger partial charge in [-0.05, 0) is 6.07 Å². The number of nitrogens with zero attached hydrogens (tertiary/aromatic N) is 3. The first-order valence-electron chi connectivity index (χ1n) is 6.58. The molecule has 0 unspecified atom stereocenters. The Morgan fingerprint density at radius 2 is 2.16 bits per heavy atom. The molecule has 102 valence electrons. The molecule has 0 radical (unpaired) electrons. The minimum absolute atomic E-state index is 0.193. The van der Waals surface area contributed by atoms with Gasteiger partial charge in [-0.15, -0.1) is 0 Å². The van der Waals surface area contributed by atoms with Gasteiger partial charge in [-0.2, -0.15) is 0 Å². The Balaban J connectivity index is 1.54. The Labute approximate surface area is 113 Å². The zero-order valence-corrected chi connectivity index (χ0v) is 11.4. The third-order valence-corrected chi connectivity index (χ3v) is 4.05. The maximum Gasteiger partial charge on any atom is 0.219 e. The number of hydrogen-bond donors (Lipinski definition) is 0. The van der Waals surface area contributed by atoms with Gasteiger partial charge in [-0.25, -0.2) is 4.98 Å². The molecule has 0 aliphatic carbocycles. The summed E-state index contributed by atoms with van der Waals surface area (Å²) in [6.07, 6.45) is 1.75. The van der Waals surface area contributed by atoms with Crippen molar-refractivity contribution in [1.82, 2.24) is 14.8 Å². The van der Waals surface area contributed by atoms with Gasteiger partial charge in [0, 0.05) is 56.8 Å². The molecular weight excluding hydrogens is 242 g/mol. The largest absolute Gasteiger partial charge is 0.481 e. The van der Waals surface area contributed by atoms with Crippen LogP contribution in [0.4, 0.5) is 0 Å². The molecule has 3 heterocycles. The number of aromatic nitrogens is 1. The first-order valence-corrected chi connectivity index (χ1v) is 6.58. The molecule has 2 aliphatic heterocycles. The van der Waals surface area contributed by atoms with Crippen molar-refractivity contribution in [2.45, 2.75) is 13.5 Å². The first-order chi connectivity index (χ1) is 9.12. The van der Waals surface area contributed by atoms with Gasteiger partial charge in [0.1, 0.15) is 0 Å². The summed E-state index contributed by atoms with van der Waals surface area (Å²) < 4.78 is 5.26. The lowest BCUT2D eigenvalue weighted by Crippen LogP contribution is -2.72. The van der Waals surface area contributed by atoms with Gasteiger partial charge in [0.25, 0.3) is 0 Å². The van der Waals surface area contributed by atoms with E-state index in [1.54, 1.807) is 20.2 Å². The van der Waals surface area contributed by atoms with Crippen LogP contribution in [0.2, 0.25) is 0 Å². The third kappa shape index (κ3) is 2.18. The van der Waals surface area contributed by atoms with E-state index >= 15 is 0 Å². The maximum absolute atomic E-state index is 11.2. The summed E-state index contributed by atoms with van der Waals surface area (Å²) >= 11 is 0. The molecule has 0 N–H and O–H groups in total. The minimum Gasteiger partial charge on any atom is -0.481 e. The smallest absolute Gasteiger partial charge is 0.219 e. The van der Waals surface area contributed by atoms with Crippen LogP contribution in [0.3, 0.4) is 0 Å². The predicted octanol–water partition coefficient (Wildman–Crippen LogP) is 0.754. The fourth-order valence-electron chi connectivity index (χ4n) is 3.17. The highest BCUT2D eigenvalue weighted by Crippen LogP contribution is 2.40. The van der Waals surface area contributed by atoms with Crippen molar-refractivity contribution >= 4 is 5.91 Å². The van der Waals surface area contributed by atoms with Gasteiger partial charge in [0.15, 0.2) is 0 Å². The highest BCUT2D eigenvalue weighted by molar-refractivity contribution is 5.74. The Morgan fingerprint density at radius 3 is 2.79 bits per heavy atom. The number of hydrogen-bond acceptors (Lipinski definition) is 4. The van der Waals surface area contributed by atoms with E-state index in [0.29, 0.717) is 11.3 Å². The van der Waals surface area contributed by atoms with Crippen LogP contribution in [0.5, 0.6) is 5.88 Å². The zero-order chi connectivity index (χ0) is 13.5. The minimum atomic E-state index is 0.193. The van der Waals surface area contributed by atoms with E-state index in [1.165, 1.54) is 0 Å². The highest BCUT2D eigenvalue weighted by atomic mass is 16.5. The fourth-order valence-corrected chi connectivity index (χ4v) is 3.17. The van der Waals surface area contributed by atoms with Crippen molar-refractivity contribution in [3.63, 3.8) is 0 Å². The number of carbonyl (C=O) groups excluding carboxylic acids is 1. The van der Waals surface area contributed by atoms with Gasteiger partial charge < -0.3 is 9.64 Å². The van der Waals surface area contributed by atoms with Gasteiger partial charge in [-0.1, -0.05) is 6.07 Å². The van der Waals surface area contributed by atoms with Crippen LogP contribution >= 0.6 is 0 Å². The highest BCUT2D eigenvalue weighted by Gasteiger charge is 2.52. The molecule has 5 nitrogen and oxygen atoms in total. The van der Waals surface area contributed by atoms with Crippen LogP contribution in [0.1, 0.15) is 12.5 Å². The number of rotatable bonds is 3. The lowest BCUT2D eigenvalue weighted by molar-refractivity contribution is -0.157. The molecule has 0 bridgehead atoms. The van der Waals surface area contributed by atoms with E-state index < -0.39 is 0 Å². The van der Waals surface area contributed by atoms with E-state index in [4.69, 9.17) is 4.74 Å². The van der Waals surface area contributed by atoms with Gasteiger partial charge >= 0.3 is 0 Å². The molecule has 0 atom stereocenters. The lowest BCUT2D eigenvalue weighted by atomic mass is 9.72. The van der Waals surface area contributed by atoms with Crippen LogP contribution in [-0.2, 0) is 11.3 Å². The van der Waals surface area contributed by atoms with Crippen molar-refractivity contribution in [1.29, 1.82) is 0 Å². The average Bonchev–Trinajstić information content (AvgIpc) is 2.30. The fraction of sp³-hybridized carbons (Fsp3) is 0.571. The molecule has 19 heavy (non-hydrogen) atoms. The molecule has 0 saturated carbocycles. The van der Waals surface area contributed by atoms with Crippen LogP contribution in [0, 0.1) is 5.41 Å². The topological polar surface area (TPSA) is 45.7 Å². The number of ether oxygens (including phenoxy) is 1. The van der Waals surface area contributed by atoms with E-state index in [9.17, 15) is 4.79 Å². The van der Waals surface area contributed by atoms with Crippen LogP contribution < -0.4 is 4.74 Å². The SMILES string of the molecule is COc1ncccc1CN1CC2(C1)CN(C(C)=O)C2. The molecule has 2 aliphatic rings. The van der Waals surface area contributed by atoms with Crippen molar-refractivity contribution in [2.75, 3.05) is 33.3 Å². The normalized spacial score (nSPS) is 20.8. The summed E-state index contributed by atoms with van der Waals surface area (Å²) in [6, 6.07) is 3.99. The summed E-state index contributed by atoms with van der Waals surface area (Å²) in [4.78, 5) is 19.7. The van der Waals surface area contributed by atoms with Crippen molar-refractivity contribution in [2.24, 2.45) is 5.41 Å². The Kier molecular flexibility index (Phi) is 2.93. The monoisotopic (exact) mass is 261 g/mol. The van der Waals surface area contributed by atoms with E-state index in [0.717, 1.165) is 38.3 Å². The number of methoxy groups -OCH3 is 1. The summed E-state index contributed by atoms with van der Waals surface area (Å²) in [5.41, 5.74) is 1.49. The standard InChI is InChI=1S/C14H19N3O2/c1-11(18)17-9-14(10-17)7-16(8-14)6-12-4-3-5-15-13(12)19-2/h3-5H,6-10H2,1-2H3. The van der Waals surface area contributed by atoms with Crippen molar-refractivity contribution in [3.8, 4) is 5.88 Å². The van der Waals surface area contributed by atoms with E-state index in [-0.39, 0.29) is 5.91 Å². The summed E-state index contributed by atoms with van der Waals surface area (Å²) in [5, 5.41) is 0. The maximum atomic E-state index is 11.2. The van der Waals surface area contributed by atoms with Crippen molar-refractivity contribution in [3.05, 3.63) is 23.9 Å². The van der Waals surface area contributed by atoms with Crippen LogP contribution in [0.15, 0.2) is 18.3 Å². The molecule has 1 spiro atoms. The summed E-state index contributed by atoms with van der Waals surface area (Å²) in [5.74, 6) is 0.903. The van der Waals surface area contributed by atoms with Gasteiger partial charge in [0.05, 0.1) is 7.11 Å². The van der Waals surface area contributed by atoms with Crippen molar-refractivity contribution < 1.29 is 9.53 Å². The predicted molar refractivity (Wildman–Crippen MR) is 70.8 cm³/mol. The molecule has 1 amide bonds. The number of likely N-dealkylation sites (tertiary alicyclic amines) is 2. The second-order valence-electron chi connectivity index (χ2n) is 5.69. The average molecular weight is 261 g/mol. The molecule has 1 aromatic heterocycles. The lowest BCUT2D eigenvalue weighted by Gasteiger charge is -2.60.